The Balaban J connectivity index is 1.45. The van der Waals surface area contributed by atoms with Gasteiger partial charge in [0.25, 0.3) is 18.8 Å². The van der Waals surface area contributed by atoms with Crippen LogP contribution in [0.2, 0.25) is 5.02 Å². The van der Waals surface area contributed by atoms with Crippen molar-refractivity contribution in [3.8, 4) is 0 Å². The first-order valence-corrected chi connectivity index (χ1v) is 11.5. The average molecular weight is 506 g/mol. The van der Waals surface area contributed by atoms with Crippen molar-refractivity contribution in [3.05, 3.63) is 40.7 Å². The molecule has 1 amide bonds. The van der Waals surface area contributed by atoms with Crippen LogP contribution in [-0.2, 0) is 11.3 Å². The van der Waals surface area contributed by atoms with E-state index in [1.807, 2.05) is 35.8 Å². The highest BCUT2D eigenvalue weighted by atomic mass is 35.5. The van der Waals surface area contributed by atoms with E-state index >= 15 is 0 Å². The van der Waals surface area contributed by atoms with Crippen molar-refractivity contribution in [2.24, 2.45) is 5.10 Å². The molecule has 1 aromatic carbocycles. The Kier molecular flexibility index (Phi) is 6.70. The summed E-state index contributed by atoms with van der Waals surface area (Å²) in [6.45, 7) is 2.40. The monoisotopic (exact) mass is 505 g/mol. The van der Waals surface area contributed by atoms with Gasteiger partial charge >= 0.3 is 0 Å². The van der Waals surface area contributed by atoms with Crippen LogP contribution in [0.5, 0.6) is 0 Å². The van der Waals surface area contributed by atoms with Crippen LogP contribution in [0, 0.1) is 0 Å². The summed E-state index contributed by atoms with van der Waals surface area (Å²) in [5.41, 5.74) is -2.92. The lowest BCUT2D eigenvalue weighted by Crippen LogP contribution is -2.52. The molecule has 13 heteroatoms. The Bertz CT molecular complexity index is 1070. The van der Waals surface area contributed by atoms with Crippen molar-refractivity contribution in [3.63, 3.8) is 0 Å². The predicted octanol–water partition coefficient (Wildman–Crippen LogP) is 4.12. The minimum absolute atomic E-state index is 0.0666. The number of hydrazone groups is 1. The van der Waals surface area contributed by atoms with Gasteiger partial charge in [0.1, 0.15) is 11.5 Å². The summed E-state index contributed by atoms with van der Waals surface area (Å²) in [5, 5.41) is 22.9. The SMILES string of the molecule is CCn1c(SCC(=O)N2N=C(C(F)F)C[C@@]2(O)C(F)F)nnc1[C@@H]1C[C@@H]1c1ccc(Cl)cc1. The molecule has 33 heavy (non-hydrogen) atoms. The number of hydrogen-bond acceptors (Lipinski definition) is 6. The number of aromatic nitrogens is 3. The lowest BCUT2D eigenvalue weighted by molar-refractivity contribution is -0.190. The van der Waals surface area contributed by atoms with Gasteiger partial charge in [-0.25, -0.2) is 17.6 Å². The fourth-order valence-corrected chi connectivity index (χ4v) is 4.86. The van der Waals surface area contributed by atoms with E-state index in [4.69, 9.17) is 11.6 Å². The van der Waals surface area contributed by atoms with Crippen LogP contribution in [0.15, 0.2) is 34.5 Å². The standard InChI is InChI=1S/C20H20ClF4N5O2S/c1-2-29-17(13-7-12(13)10-3-5-11(21)6-4-10)26-27-19(29)33-9-15(31)30-20(32,18(24)25)8-14(28-30)16(22)23/h3-6,12-13,16,18,32H,2,7-9H2,1H3/t12-,13-,20-/m1/s1. The van der Waals surface area contributed by atoms with Crippen molar-refractivity contribution in [1.29, 1.82) is 0 Å². The zero-order valence-corrected chi connectivity index (χ0v) is 18.9. The van der Waals surface area contributed by atoms with Gasteiger partial charge in [-0.3, -0.25) is 4.79 Å². The number of alkyl halides is 4. The van der Waals surface area contributed by atoms with E-state index in [0.717, 1.165) is 29.6 Å². The average Bonchev–Trinajstić information content (AvgIpc) is 3.31. The van der Waals surface area contributed by atoms with Gasteiger partial charge in [0.2, 0.25) is 5.72 Å². The number of carbonyl (C=O) groups is 1. The van der Waals surface area contributed by atoms with Crippen LogP contribution in [0.3, 0.4) is 0 Å². The third-order valence-corrected chi connectivity index (χ3v) is 6.88. The van der Waals surface area contributed by atoms with Gasteiger partial charge in [-0.2, -0.15) is 10.1 Å². The molecule has 178 valence electrons. The quantitative estimate of drug-likeness (QED) is 0.431. The van der Waals surface area contributed by atoms with Crippen LogP contribution in [0.4, 0.5) is 17.6 Å². The van der Waals surface area contributed by atoms with E-state index in [2.05, 4.69) is 15.3 Å². The molecule has 0 spiro atoms. The number of hydrogen-bond donors (Lipinski definition) is 1. The molecular formula is C20H20ClF4N5O2S. The molecule has 0 radical (unpaired) electrons. The second kappa shape index (κ2) is 9.22. The molecule has 4 rings (SSSR count). The predicted molar refractivity (Wildman–Crippen MR) is 114 cm³/mol. The Morgan fingerprint density at radius 2 is 1.94 bits per heavy atom. The number of halogens is 5. The van der Waals surface area contributed by atoms with Gasteiger partial charge in [-0.15, -0.1) is 10.2 Å². The molecule has 2 aliphatic rings. The number of aliphatic hydroxyl groups is 1. The molecule has 7 nitrogen and oxygen atoms in total. The van der Waals surface area contributed by atoms with E-state index in [1.165, 1.54) is 0 Å². The maximum atomic E-state index is 13.3. The van der Waals surface area contributed by atoms with E-state index in [-0.39, 0.29) is 16.8 Å². The molecule has 0 saturated heterocycles. The smallest absolute Gasteiger partial charge is 0.287 e. The molecule has 1 aliphatic carbocycles. The zero-order valence-electron chi connectivity index (χ0n) is 17.3. The first-order chi connectivity index (χ1) is 15.7. The van der Waals surface area contributed by atoms with Gasteiger partial charge in [-0.05, 0) is 37.0 Å². The largest absolute Gasteiger partial charge is 0.364 e. The summed E-state index contributed by atoms with van der Waals surface area (Å²) in [5.74, 6) is -0.307. The van der Waals surface area contributed by atoms with Crippen molar-refractivity contribution in [2.45, 2.75) is 61.9 Å². The Labute approximate surface area is 195 Å². The Morgan fingerprint density at radius 1 is 1.24 bits per heavy atom. The second-order valence-electron chi connectivity index (χ2n) is 7.83. The molecule has 1 saturated carbocycles. The van der Waals surface area contributed by atoms with Crippen LogP contribution in [-0.4, -0.2) is 60.8 Å². The third kappa shape index (κ3) is 4.60. The summed E-state index contributed by atoms with van der Waals surface area (Å²) >= 11 is 6.87. The van der Waals surface area contributed by atoms with Crippen LogP contribution >= 0.6 is 23.4 Å². The highest BCUT2D eigenvalue weighted by Crippen LogP contribution is 2.54. The number of rotatable bonds is 8. The first-order valence-electron chi connectivity index (χ1n) is 10.2. The van der Waals surface area contributed by atoms with Gasteiger partial charge in [0.05, 0.1) is 5.75 Å². The number of carbonyl (C=O) groups excluding carboxylic acids is 1. The molecule has 2 heterocycles. The fourth-order valence-electron chi connectivity index (χ4n) is 3.88. The summed E-state index contributed by atoms with van der Waals surface area (Å²) in [6.07, 6.45) is -6.85. The van der Waals surface area contributed by atoms with Gasteiger partial charge in [-0.1, -0.05) is 35.5 Å². The van der Waals surface area contributed by atoms with E-state index in [0.29, 0.717) is 16.7 Å². The summed E-state index contributed by atoms with van der Waals surface area (Å²) < 4.78 is 54.4. The topological polar surface area (TPSA) is 83.6 Å². The minimum Gasteiger partial charge on any atom is -0.364 e. The fraction of sp³-hybridized carbons (Fsp3) is 0.500. The molecule has 1 N–H and O–H groups in total. The number of thioether (sulfide) groups is 1. The van der Waals surface area contributed by atoms with Gasteiger partial charge < -0.3 is 9.67 Å². The zero-order chi connectivity index (χ0) is 23.9. The summed E-state index contributed by atoms with van der Waals surface area (Å²) in [7, 11) is 0. The van der Waals surface area contributed by atoms with Crippen molar-refractivity contribution >= 4 is 35.0 Å². The number of benzene rings is 1. The van der Waals surface area contributed by atoms with E-state index in [9.17, 15) is 27.5 Å². The van der Waals surface area contributed by atoms with Crippen LogP contribution in [0.1, 0.15) is 43.0 Å². The normalized spacial score (nSPS) is 24.6. The first kappa shape index (κ1) is 24.0. The highest BCUT2D eigenvalue weighted by Gasteiger charge is 2.53. The van der Waals surface area contributed by atoms with Crippen molar-refractivity contribution in [1.82, 2.24) is 19.8 Å². The van der Waals surface area contributed by atoms with E-state index in [1.54, 1.807) is 0 Å². The molecule has 2 aromatic rings. The van der Waals surface area contributed by atoms with Gasteiger partial charge in [0, 0.05) is 23.9 Å². The maximum absolute atomic E-state index is 13.3. The van der Waals surface area contributed by atoms with Crippen molar-refractivity contribution < 1.29 is 27.5 Å². The number of nitrogens with zero attached hydrogens (tertiary/aromatic N) is 5. The molecule has 3 atom stereocenters. The molecule has 0 bridgehead atoms. The molecule has 0 unspecified atom stereocenters. The molecule has 1 fully saturated rings. The third-order valence-electron chi connectivity index (χ3n) is 5.68. The lowest BCUT2D eigenvalue weighted by Gasteiger charge is -2.29. The molecule has 1 aliphatic heterocycles. The van der Waals surface area contributed by atoms with Crippen molar-refractivity contribution in [2.75, 3.05) is 5.75 Å². The second-order valence-corrected chi connectivity index (χ2v) is 9.21. The van der Waals surface area contributed by atoms with Gasteiger partial charge in [0.15, 0.2) is 5.16 Å². The maximum Gasteiger partial charge on any atom is 0.287 e. The van der Waals surface area contributed by atoms with Crippen LogP contribution in [0.25, 0.3) is 0 Å². The van der Waals surface area contributed by atoms with Crippen LogP contribution < -0.4 is 0 Å². The Morgan fingerprint density at radius 3 is 2.55 bits per heavy atom. The minimum atomic E-state index is -3.46. The number of amides is 1. The summed E-state index contributed by atoms with van der Waals surface area (Å²) in [4.78, 5) is 12.5. The molecular weight excluding hydrogens is 486 g/mol. The summed E-state index contributed by atoms with van der Waals surface area (Å²) in [6, 6.07) is 7.57. The Hall–Kier alpha value is -2.18. The van der Waals surface area contributed by atoms with E-state index < -0.39 is 42.4 Å². The highest BCUT2D eigenvalue weighted by molar-refractivity contribution is 7.99. The molecule has 1 aromatic heterocycles. The lowest BCUT2D eigenvalue weighted by atomic mass is 10.1.